The van der Waals surface area contributed by atoms with Crippen LogP contribution in [-0.4, -0.2) is 18.0 Å². The zero-order valence-corrected chi connectivity index (χ0v) is 17.5. The van der Waals surface area contributed by atoms with Crippen LogP contribution in [0, 0.1) is 5.92 Å². The molecule has 2 atom stereocenters. The van der Waals surface area contributed by atoms with Gasteiger partial charge in [-0.05, 0) is 53.8 Å². The molecule has 1 aliphatic carbocycles. The summed E-state index contributed by atoms with van der Waals surface area (Å²) in [6, 6.07) is 24.6. The number of hydrogen-bond donors (Lipinski definition) is 1. The Morgan fingerprint density at radius 2 is 1.87 bits per heavy atom. The molecule has 3 aromatic carbocycles. The Labute approximate surface area is 179 Å². The molecule has 5 rings (SSSR count). The van der Waals surface area contributed by atoms with Crippen LogP contribution in [0.4, 0.5) is 5.13 Å². The van der Waals surface area contributed by atoms with Crippen LogP contribution in [0.25, 0.3) is 10.2 Å². The predicted molar refractivity (Wildman–Crippen MR) is 121 cm³/mol. The maximum atomic E-state index is 13.2. The molecule has 1 aliphatic rings. The molecule has 150 valence electrons. The van der Waals surface area contributed by atoms with E-state index in [0.717, 1.165) is 28.8 Å². The van der Waals surface area contributed by atoms with Crippen LogP contribution < -0.4 is 10.1 Å². The fourth-order valence-electron chi connectivity index (χ4n) is 4.30. The number of hydrogen-bond acceptors (Lipinski definition) is 4. The number of carbonyl (C=O) groups is 1. The van der Waals surface area contributed by atoms with E-state index in [1.807, 2.05) is 36.4 Å². The lowest BCUT2D eigenvalue weighted by atomic mass is 9.73. The van der Waals surface area contributed by atoms with Crippen LogP contribution in [0.2, 0.25) is 0 Å². The molecule has 0 spiro atoms. The summed E-state index contributed by atoms with van der Waals surface area (Å²) in [6.07, 6.45) is 1.49. The lowest BCUT2D eigenvalue weighted by Gasteiger charge is -2.31. The van der Waals surface area contributed by atoms with Gasteiger partial charge in [-0.1, -0.05) is 59.9 Å². The molecule has 0 radical (unpaired) electrons. The van der Waals surface area contributed by atoms with Crippen molar-refractivity contribution >= 4 is 32.6 Å². The molecule has 1 aromatic heterocycles. The molecular formula is C25H22N2O2S. The minimum Gasteiger partial charge on any atom is -0.497 e. The first kappa shape index (κ1) is 18.8. The molecular weight excluding hydrogens is 392 g/mol. The fourth-order valence-corrected chi connectivity index (χ4v) is 5.17. The van der Waals surface area contributed by atoms with E-state index in [1.54, 1.807) is 7.11 Å². The highest BCUT2D eigenvalue weighted by atomic mass is 32.1. The second kappa shape index (κ2) is 7.92. The van der Waals surface area contributed by atoms with Crippen LogP contribution in [0.3, 0.4) is 0 Å². The zero-order chi connectivity index (χ0) is 20.5. The van der Waals surface area contributed by atoms with Gasteiger partial charge in [0.1, 0.15) is 5.75 Å². The third-order valence-electron chi connectivity index (χ3n) is 5.81. The van der Waals surface area contributed by atoms with E-state index < -0.39 is 0 Å². The van der Waals surface area contributed by atoms with E-state index in [2.05, 4.69) is 46.7 Å². The second-order valence-corrected chi connectivity index (χ2v) is 8.67. The first-order chi connectivity index (χ1) is 14.7. The number of thiazole rings is 1. The zero-order valence-electron chi connectivity index (χ0n) is 16.7. The third kappa shape index (κ3) is 3.57. The molecule has 0 saturated heterocycles. The topological polar surface area (TPSA) is 51.2 Å². The van der Waals surface area contributed by atoms with Gasteiger partial charge in [-0.25, -0.2) is 4.98 Å². The van der Waals surface area contributed by atoms with Crippen LogP contribution in [-0.2, 0) is 11.2 Å². The fraction of sp³-hybridized carbons (Fsp3) is 0.200. The number of anilines is 1. The van der Waals surface area contributed by atoms with E-state index in [-0.39, 0.29) is 17.7 Å². The van der Waals surface area contributed by atoms with Gasteiger partial charge in [0, 0.05) is 11.8 Å². The third-order valence-corrected chi connectivity index (χ3v) is 6.76. The molecule has 0 saturated carbocycles. The lowest BCUT2D eigenvalue weighted by Crippen LogP contribution is -2.30. The number of rotatable bonds is 4. The van der Waals surface area contributed by atoms with Gasteiger partial charge in [0.15, 0.2) is 5.13 Å². The highest BCUT2D eigenvalue weighted by Crippen LogP contribution is 2.41. The van der Waals surface area contributed by atoms with Crippen molar-refractivity contribution in [3.05, 3.63) is 89.5 Å². The first-order valence-corrected chi connectivity index (χ1v) is 10.9. The Balaban J connectivity index is 1.45. The number of para-hydroxylation sites is 1. The van der Waals surface area contributed by atoms with Crippen molar-refractivity contribution in [3.63, 3.8) is 0 Å². The number of amides is 1. The van der Waals surface area contributed by atoms with Gasteiger partial charge >= 0.3 is 0 Å². The van der Waals surface area contributed by atoms with Crippen molar-refractivity contribution in [2.45, 2.75) is 18.8 Å². The maximum absolute atomic E-state index is 13.2. The highest BCUT2D eigenvalue weighted by Gasteiger charge is 2.32. The van der Waals surface area contributed by atoms with Gasteiger partial charge in [-0.2, -0.15) is 0 Å². The smallest absolute Gasteiger partial charge is 0.229 e. The van der Waals surface area contributed by atoms with Gasteiger partial charge in [-0.15, -0.1) is 0 Å². The number of ether oxygens (including phenoxy) is 1. The van der Waals surface area contributed by atoms with Gasteiger partial charge in [0.25, 0.3) is 0 Å². The summed E-state index contributed by atoms with van der Waals surface area (Å²) in [5, 5.41) is 3.74. The number of nitrogens with one attached hydrogen (secondary N) is 1. The van der Waals surface area contributed by atoms with Crippen molar-refractivity contribution in [3.8, 4) is 5.75 Å². The van der Waals surface area contributed by atoms with E-state index in [9.17, 15) is 4.79 Å². The van der Waals surface area contributed by atoms with Gasteiger partial charge in [0.05, 0.1) is 17.3 Å². The Hall–Kier alpha value is -3.18. The average Bonchev–Trinajstić information content (AvgIpc) is 3.20. The Bertz CT molecular complexity index is 1170. The van der Waals surface area contributed by atoms with E-state index in [0.29, 0.717) is 5.13 Å². The number of methoxy groups -OCH3 is 1. The number of fused-ring (bicyclic) bond motifs is 2. The number of nitrogens with zero attached hydrogens (tertiary/aromatic N) is 1. The molecule has 5 heteroatoms. The largest absolute Gasteiger partial charge is 0.497 e. The van der Waals surface area contributed by atoms with Crippen LogP contribution >= 0.6 is 11.3 Å². The van der Waals surface area contributed by atoms with Crippen molar-refractivity contribution in [1.82, 2.24) is 4.98 Å². The molecule has 0 bridgehead atoms. The van der Waals surface area contributed by atoms with Gasteiger partial charge in [0.2, 0.25) is 5.91 Å². The molecule has 4 aromatic rings. The summed E-state index contributed by atoms with van der Waals surface area (Å²) >= 11 is 1.52. The van der Waals surface area contributed by atoms with Crippen molar-refractivity contribution in [2.24, 2.45) is 5.92 Å². The Kier molecular flexibility index (Phi) is 4.97. The molecule has 1 unspecified atom stereocenters. The quantitative estimate of drug-likeness (QED) is 0.470. The lowest BCUT2D eigenvalue weighted by molar-refractivity contribution is -0.120. The maximum Gasteiger partial charge on any atom is 0.229 e. The molecule has 4 nitrogen and oxygen atoms in total. The minimum atomic E-state index is -0.108. The Morgan fingerprint density at radius 1 is 1.07 bits per heavy atom. The van der Waals surface area contributed by atoms with Crippen LogP contribution in [0.1, 0.15) is 29.0 Å². The molecule has 0 aliphatic heterocycles. The number of carbonyl (C=O) groups excluding carboxylic acids is 1. The average molecular weight is 415 g/mol. The summed E-state index contributed by atoms with van der Waals surface area (Å²) in [6.45, 7) is 0. The van der Waals surface area contributed by atoms with E-state index in [1.165, 1.54) is 28.0 Å². The normalized spacial score (nSPS) is 18.0. The highest BCUT2D eigenvalue weighted by molar-refractivity contribution is 7.22. The molecule has 1 heterocycles. The molecule has 1 N–H and O–H groups in total. The van der Waals surface area contributed by atoms with Crippen LogP contribution in [0.15, 0.2) is 72.8 Å². The van der Waals surface area contributed by atoms with Crippen molar-refractivity contribution < 1.29 is 9.53 Å². The van der Waals surface area contributed by atoms with Crippen molar-refractivity contribution in [2.75, 3.05) is 12.4 Å². The predicted octanol–water partition coefficient (Wildman–Crippen LogP) is 5.64. The second-order valence-electron chi connectivity index (χ2n) is 7.64. The number of aromatic nitrogens is 1. The minimum absolute atomic E-state index is 0.0384. The SMILES string of the molecule is COc1ccc2c(c1)[C@H](c1ccccc1)CC(C(=O)Nc1nc3ccccc3s1)C2. The van der Waals surface area contributed by atoms with E-state index in [4.69, 9.17) is 4.74 Å². The van der Waals surface area contributed by atoms with Gasteiger partial charge < -0.3 is 10.1 Å². The van der Waals surface area contributed by atoms with Crippen molar-refractivity contribution in [1.29, 1.82) is 0 Å². The standard InChI is InChI=1S/C25H22N2O2S/c1-29-19-12-11-17-13-18(14-20(21(17)15-19)16-7-3-2-4-8-16)24(28)27-25-26-22-9-5-6-10-23(22)30-25/h2-12,15,18,20H,13-14H2,1H3,(H,26,27,28)/t18?,20-/m0/s1. The summed E-state index contributed by atoms with van der Waals surface area (Å²) in [7, 11) is 1.69. The van der Waals surface area contributed by atoms with Crippen LogP contribution in [0.5, 0.6) is 5.75 Å². The molecule has 30 heavy (non-hydrogen) atoms. The summed E-state index contributed by atoms with van der Waals surface area (Å²) < 4.78 is 6.54. The Morgan fingerprint density at radius 3 is 2.67 bits per heavy atom. The van der Waals surface area contributed by atoms with Gasteiger partial charge in [-0.3, -0.25) is 4.79 Å². The molecule has 0 fully saturated rings. The number of benzene rings is 3. The summed E-state index contributed by atoms with van der Waals surface area (Å²) in [4.78, 5) is 17.7. The first-order valence-electron chi connectivity index (χ1n) is 10.1. The monoisotopic (exact) mass is 414 g/mol. The van der Waals surface area contributed by atoms with E-state index >= 15 is 0 Å². The summed E-state index contributed by atoms with van der Waals surface area (Å²) in [5.74, 6) is 0.947. The summed E-state index contributed by atoms with van der Waals surface area (Å²) in [5.41, 5.74) is 4.61. The molecule has 1 amide bonds.